The number of hydrogen-bond donors (Lipinski definition) is 2. The number of ether oxygens (including phenoxy) is 2. The Bertz CT molecular complexity index is 563. The number of carbonyl (C=O) groups excluding carboxylic acids is 1. The third-order valence-electron chi connectivity index (χ3n) is 4.45. The fourth-order valence-corrected chi connectivity index (χ4v) is 2.75. The number of nitrogens with one attached hydrogen (secondary N) is 2. The molecule has 0 unspecified atom stereocenters. The van der Waals surface area contributed by atoms with Gasteiger partial charge in [-0.3, -0.25) is 4.79 Å². The van der Waals surface area contributed by atoms with E-state index >= 15 is 0 Å². The molecule has 2 aliphatic rings. The number of carbonyl (C=O) groups is 1. The lowest BCUT2D eigenvalue weighted by Gasteiger charge is -2.29. The van der Waals surface area contributed by atoms with Crippen LogP contribution in [0, 0.1) is 12.8 Å². The monoisotopic (exact) mass is 354 g/mol. The van der Waals surface area contributed by atoms with Crippen molar-refractivity contribution in [3.63, 3.8) is 0 Å². The minimum atomic E-state index is -0.287. The molecule has 2 N–H and O–H groups in total. The van der Waals surface area contributed by atoms with Gasteiger partial charge in [-0.1, -0.05) is 12.1 Å². The molecular formula is C18H27ClN2O3. The van der Waals surface area contributed by atoms with Gasteiger partial charge in [-0.2, -0.15) is 0 Å². The van der Waals surface area contributed by atoms with Crippen LogP contribution in [0.1, 0.15) is 30.9 Å². The molecule has 2 atom stereocenters. The molecule has 2 fully saturated rings. The first-order valence-corrected chi connectivity index (χ1v) is 8.48. The summed E-state index contributed by atoms with van der Waals surface area (Å²) < 4.78 is 11.5. The molecular weight excluding hydrogens is 328 g/mol. The molecule has 1 aliphatic carbocycles. The van der Waals surface area contributed by atoms with Gasteiger partial charge in [-0.25, -0.2) is 0 Å². The highest BCUT2D eigenvalue weighted by atomic mass is 35.5. The van der Waals surface area contributed by atoms with E-state index in [1.807, 2.05) is 13.0 Å². The Morgan fingerprint density at radius 1 is 1.42 bits per heavy atom. The fourth-order valence-electron chi connectivity index (χ4n) is 2.75. The molecule has 24 heavy (non-hydrogen) atoms. The van der Waals surface area contributed by atoms with Crippen LogP contribution in [0.5, 0.6) is 5.75 Å². The van der Waals surface area contributed by atoms with Crippen molar-refractivity contribution in [2.24, 2.45) is 5.92 Å². The SMILES string of the molecule is Cc1ccc(CNC(=O)[C@H]2NCCO[C@@H]2C)c(OCC2CC2)c1.Cl. The van der Waals surface area contributed by atoms with Gasteiger partial charge in [-0.05, 0) is 44.2 Å². The highest BCUT2D eigenvalue weighted by Crippen LogP contribution is 2.30. The molecule has 0 radical (unpaired) electrons. The fraction of sp³-hybridized carbons (Fsp3) is 0.611. The predicted octanol–water partition coefficient (Wildman–Crippen LogP) is 2.20. The van der Waals surface area contributed by atoms with Crippen LogP contribution in [-0.4, -0.2) is 37.8 Å². The van der Waals surface area contributed by atoms with Gasteiger partial charge in [0.25, 0.3) is 0 Å². The van der Waals surface area contributed by atoms with Gasteiger partial charge in [0.1, 0.15) is 11.8 Å². The van der Waals surface area contributed by atoms with Gasteiger partial charge in [0.05, 0.1) is 19.3 Å². The molecule has 1 saturated heterocycles. The average molecular weight is 355 g/mol. The zero-order valence-corrected chi connectivity index (χ0v) is 15.2. The molecule has 1 aromatic carbocycles. The molecule has 134 valence electrons. The van der Waals surface area contributed by atoms with Crippen molar-refractivity contribution >= 4 is 18.3 Å². The molecule has 1 heterocycles. The minimum absolute atomic E-state index is 0. The van der Waals surface area contributed by atoms with E-state index in [1.165, 1.54) is 18.4 Å². The number of amides is 1. The second-order valence-corrected chi connectivity index (χ2v) is 6.59. The smallest absolute Gasteiger partial charge is 0.240 e. The summed E-state index contributed by atoms with van der Waals surface area (Å²) in [6, 6.07) is 5.85. The van der Waals surface area contributed by atoms with Crippen molar-refractivity contribution in [1.29, 1.82) is 0 Å². The number of rotatable bonds is 6. The second-order valence-electron chi connectivity index (χ2n) is 6.59. The normalized spacial score (nSPS) is 23.2. The zero-order chi connectivity index (χ0) is 16.2. The van der Waals surface area contributed by atoms with E-state index in [1.54, 1.807) is 0 Å². The van der Waals surface area contributed by atoms with E-state index in [-0.39, 0.29) is 30.5 Å². The minimum Gasteiger partial charge on any atom is -0.493 e. The Morgan fingerprint density at radius 3 is 2.92 bits per heavy atom. The standard InChI is InChI=1S/C18H26N2O3.ClH/c1-12-3-6-15(16(9-12)23-11-14-4-5-14)10-20-18(21)17-13(2)22-8-7-19-17;/h3,6,9,13-14,17,19H,4-5,7-8,10-11H2,1-2H3,(H,20,21);1H/t13-,17+;/m1./s1. The Morgan fingerprint density at radius 2 is 2.21 bits per heavy atom. The van der Waals surface area contributed by atoms with Crippen molar-refractivity contribution in [1.82, 2.24) is 10.6 Å². The Balaban J connectivity index is 0.00000208. The van der Waals surface area contributed by atoms with Crippen LogP contribution in [0.3, 0.4) is 0 Å². The largest absolute Gasteiger partial charge is 0.493 e. The van der Waals surface area contributed by atoms with Gasteiger partial charge in [0, 0.05) is 18.7 Å². The lowest BCUT2D eigenvalue weighted by molar-refractivity contribution is -0.129. The summed E-state index contributed by atoms with van der Waals surface area (Å²) in [7, 11) is 0. The molecule has 1 saturated carbocycles. The van der Waals surface area contributed by atoms with E-state index in [0.717, 1.165) is 17.9 Å². The summed E-state index contributed by atoms with van der Waals surface area (Å²) in [5, 5.41) is 6.21. The van der Waals surface area contributed by atoms with Crippen LogP contribution >= 0.6 is 12.4 Å². The van der Waals surface area contributed by atoms with Gasteiger partial charge < -0.3 is 20.1 Å². The van der Waals surface area contributed by atoms with Crippen LogP contribution in [0.15, 0.2) is 18.2 Å². The van der Waals surface area contributed by atoms with Gasteiger partial charge in [-0.15, -0.1) is 12.4 Å². The second kappa shape index (κ2) is 8.70. The molecule has 1 aromatic rings. The van der Waals surface area contributed by atoms with E-state index < -0.39 is 0 Å². The van der Waals surface area contributed by atoms with Gasteiger partial charge in [0.15, 0.2) is 0 Å². The van der Waals surface area contributed by atoms with Crippen LogP contribution < -0.4 is 15.4 Å². The summed E-state index contributed by atoms with van der Waals surface area (Å²) >= 11 is 0. The first-order chi connectivity index (χ1) is 11.1. The summed E-state index contributed by atoms with van der Waals surface area (Å²) in [6.45, 7) is 6.60. The van der Waals surface area contributed by atoms with Crippen LogP contribution in [-0.2, 0) is 16.1 Å². The summed E-state index contributed by atoms with van der Waals surface area (Å²) in [5.74, 6) is 1.58. The number of halogens is 1. The third kappa shape index (κ3) is 5.10. The van der Waals surface area contributed by atoms with Crippen molar-refractivity contribution < 1.29 is 14.3 Å². The van der Waals surface area contributed by atoms with Crippen molar-refractivity contribution in [2.75, 3.05) is 19.8 Å². The maximum atomic E-state index is 12.3. The average Bonchev–Trinajstić information content (AvgIpc) is 3.36. The Hall–Kier alpha value is -1.30. The lowest BCUT2D eigenvalue weighted by Crippen LogP contribution is -2.55. The first-order valence-electron chi connectivity index (χ1n) is 8.48. The van der Waals surface area contributed by atoms with Crippen molar-refractivity contribution in [3.8, 4) is 5.75 Å². The molecule has 3 rings (SSSR count). The maximum absolute atomic E-state index is 12.3. The summed E-state index contributed by atoms with van der Waals surface area (Å²) in [4.78, 5) is 12.3. The molecule has 1 amide bonds. The topological polar surface area (TPSA) is 59.6 Å². The van der Waals surface area contributed by atoms with Crippen molar-refractivity contribution in [3.05, 3.63) is 29.3 Å². The Labute approximate surface area is 149 Å². The van der Waals surface area contributed by atoms with E-state index in [2.05, 4.69) is 29.7 Å². The molecule has 6 heteroatoms. The van der Waals surface area contributed by atoms with E-state index in [9.17, 15) is 4.79 Å². The number of aryl methyl sites for hydroxylation is 1. The zero-order valence-electron chi connectivity index (χ0n) is 14.3. The highest BCUT2D eigenvalue weighted by molar-refractivity contribution is 5.85. The molecule has 5 nitrogen and oxygen atoms in total. The van der Waals surface area contributed by atoms with E-state index in [0.29, 0.717) is 25.6 Å². The van der Waals surface area contributed by atoms with Gasteiger partial charge >= 0.3 is 0 Å². The number of hydrogen-bond acceptors (Lipinski definition) is 4. The first kappa shape index (κ1) is 19.0. The number of benzene rings is 1. The third-order valence-corrected chi connectivity index (χ3v) is 4.45. The highest BCUT2D eigenvalue weighted by Gasteiger charge is 2.28. The quantitative estimate of drug-likeness (QED) is 0.822. The number of morpholine rings is 1. The maximum Gasteiger partial charge on any atom is 0.240 e. The Kier molecular flexibility index (Phi) is 6.90. The predicted molar refractivity (Wildman–Crippen MR) is 95.7 cm³/mol. The summed E-state index contributed by atoms with van der Waals surface area (Å²) in [5.41, 5.74) is 2.19. The van der Waals surface area contributed by atoms with Gasteiger partial charge in [0.2, 0.25) is 5.91 Å². The van der Waals surface area contributed by atoms with Crippen LogP contribution in [0.4, 0.5) is 0 Å². The molecule has 0 bridgehead atoms. The summed E-state index contributed by atoms with van der Waals surface area (Å²) in [6.07, 6.45) is 2.43. The molecule has 0 aromatic heterocycles. The van der Waals surface area contributed by atoms with Crippen LogP contribution in [0.25, 0.3) is 0 Å². The van der Waals surface area contributed by atoms with Crippen LogP contribution in [0.2, 0.25) is 0 Å². The van der Waals surface area contributed by atoms with E-state index in [4.69, 9.17) is 9.47 Å². The molecule has 0 spiro atoms. The lowest BCUT2D eigenvalue weighted by atomic mass is 10.1. The molecule has 1 aliphatic heterocycles. The van der Waals surface area contributed by atoms with Crippen molar-refractivity contribution in [2.45, 2.75) is 45.4 Å².